The van der Waals surface area contributed by atoms with E-state index >= 15 is 0 Å². The van der Waals surface area contributed by atoms with Gasteiger partial charge >= 0.3 is 5.97 Å². The highest BCUT2D eigenvalue weighted by Crippen LogP contribution is 2.14. The van der Waals surface area contributed by atoms with Crippen molar-refractivity contribution >= 4 is 11.9 Å². The summed E-state index contributed by atoms with van der Waals surface area (Å²) in [5, 5.41) is 0. The molecule has 0 radical (unpaired) electrons. The van der Waals surface area contributed by atoms with Gasteiger partial charge in [-0.3, -0.25) is 9.59 Å². The smallest absolute Gasteiger partial charge is 0.305 e. The Morgan fingerprint density at radius 1 is 1.64 bits per heavy atom. The predicted molar refractivity (Wildman–Crippen MR) is 51.6 cm³/mol. The molecule has 1 aliphatic rings. The monoisotopic (exact) mass is 197 g/mol. The van der Waals surface area contributed by atoms with Crippen molar-refractivity contribution in [2.24, 2.45) is 0 Å². The minimum atomic E-state index is -0.271. The molecule has 1 rings (SSSR count). The number of rotatable bonds is 3. The molecule has 0 unspecified atom stereocenters. The Bertz CT molecular complexity index is 271. The number of carbonyl (C=O) groups is 2. The number of amides is 1. The third-order valence-electron chi connectivity index (χ3n) is 2.30. The van der Waals surface area contributed by atoms with E-state index in [1.807, 2.05) is 6.08 Å². The van der Waals surface area contributed by atoms with E-state index in [-0.39, 0.29) is 18.3 Å². The third kappa shape index (κ3) is 2.58. The van der Waals surface area contributed by atoms with Gasteiger partial charge in [-0.25, -0.2) is 0 Å². The summed E-state index contributed by atoms with van der Waals surface area (Å²) in [7, 11) is 3.12. The van der Waals surface area contributed by atoms with E-state index in [1.165, 1.54) is 7.11 Å². The molecule has 0 spiro atoms. The van der Waals surface area contributed by atoms with Gasteiger partial charge in [-0.2, -0.15) is 0 Å². The molecule has 0 bridgehead atoms. The average molecular weight is 197 g/mol. The molecule has 14 heavy (non-hydrogen) atoms. The summed E-state index contributed by atoms with van der Waals surface area (Å²) < 4.78 is 4.51. The Labute approximate surface area is 83.5 Å². The average Bonchev–Trinajstić information content (AvgIpc) is 2.20. The number of ether oxygens (including phenoxy) is 1. The van der Waals surface area contributed by atoms with E-state index in [2.05, 4.69) is 4.74 Å². The summed E-state index contributed by atoms with van der Waals surface area (Å²) in [4.78, 5) is 24.1. The summed E-state index contributed by atoms with van der Waals surface area (Å²) in [5.74, 6) is -0.243. The van der Waals surface area contributed by atoms with Gasteiger partial charge in [-0.05, 0) is 12.8 Å². The molecule has 0 aromatic heterocycles. The fourth-order valence-electron chi connectivity index (χ4n) is 1.41. The van der Waals surface area contributed by atoms with Crippen LogP contribution >= 0.6 is 0 Å². The van der Waals surface area contributed by atoms with Crippen LogP contribution in [-0.2, 0) is 14.3 Å². The molecular formula is C10H15NO3. The molecule has 4 nitrogen and oxygen atoms in total. The summed E-state index contributed by atoms with van der Waals surface area (Å²) in [6.07, 6.45) is 3.54. The molecule has 0 saturated heterocycles. The van der Waals surface area contributed by atoms with Crippen LogP contribution in [0.3, 0.4) is 0 Å². The van der Waals surface area contributed by atoms with Crippen LogP contribution in [0.2, 0.25) is 0 Å². The van der Waals surface area contributed by atoms with Gasteiger partial charge in [0.15, 0.2) is 0 Å². The number of esters is 1. The van der Waals surface area contributed by atoms with Crippen molar-refractivity contribution in [3.8, 4) is 0 Å². The lowest BCUT2D eigenvalue weighted by Gasteiger charge is -2.22. The Balaban J connectivity index is 2.48. The highest BCUT2D eigenvalue weighted by molar-refractivity contribution is 5.94. The zero-order chi connectivity index (χ0) is 10.6. The van der Waals surface area contributed by atoms with Gasteiger partial charge in [0, 0.05) is 25.6 Å². The predicted octanol–water partition coefficient (Wildman–Crippen LogP) is 0.728. The zero-order valence-electron chi connectivity index (χ0n) is 8.58. The summed E-state index contributed by atoms with van der Waals surface area (Å²) in [6.45, 7) is 0.764. The Kier molecular flexibility index (Phi) is 3.68. The summed E-state index contributed by atoms with van der Waals surface area (Å²) in [6, 6.07) is 0. The lowest BCUT2D eigenvalue weighted by atomic mass is 10.0. The van der Waals surface area contributed by atoms with E-state index in [0.29, 0.717) is 6.42 Å². The molecule has 0 aromatic rings. The number of likely N-dealkylation sites (N-methyl/N-ethyl adjacent to an activating group) is 1. The standard InChI is InChI=1S/C10H15NO3/c1-11-7-3-4-8(10(11)13)5-6-9(12)14-2/h4H,3,5-7H2,1-2H3. The molecule has 0 aliphatic carbocycles. The maximum atomic E-state index is 11.5. The highest BCUT2D eigenvalue weighted by atomic mass is 16.5. The normalized spacial score (nSPS) is 16.6. The lowest BCUT2D eigenvalue weighted by molar-refractivity contribution is -0.140. The first kappa shape index (κ1) is 10.8. The van der Waals surface area contributed by atoms with Crippen LogP contribution < -0.4 is 0 Å². The van der Waals surface area contributed by atoms with E-state index in [9.17, 15) is 9.59 Å². The second-order valence-corrected chi connectivity index (χ2v) is 3.32. The van der Waals surface area contributed by atoms with Gasteiger partial charge < -0.3 is 9.64 Å². The highest BCUT2D eigenvalue weighted by Gasteiger charge is 2.18. The minimum Gasteiger partial charge on any atom is -0.469 e. The number of methoxy groups -OCH3 is 1. The first-order chi connectivity index (χ1) is 6.65. The van der Waals surface area contributed by atoms with Crippen LogP contribution in [0.1, 0.15) is 19.3 Å². The van der Waals surface area contributed by atoms with Crippen LogP contribution in [0.4, 0.5) is 0 Å². The Morgan fingerprint density at radius 2 is 2.36 bits per heavy atom. The molecule has 0 N–H and O–H groups in total. The number of carbonyl (C=O) groups excluding carboxylic acids is 2. The molecule has 1 amide bonds. The molecule has 0 aromatic carbocycles. The second-order valence-electron chi connectivity index (χ2n) is 3.32. The fraction of sp³-hybridized carbons (Fsp3) is 0.600. The molecule has 78 valence electrons. The topological polar surface area (TPSA) is 46.6 Å². The maximum Gasteiger partial charge on any atom is 0.305 e. The number of hydrogen-bond donors (Lipinski definition) is 0. The van der Waals surface area contributed by atoms with Crippen LogP contribution in [0.15, 0.2) is 11.6 Å². The molecule has 4 heteroatoms. The van der Waals surface area contributed by atoms with Crippen molar-refractivity contribution in [1.29, 1.82) is 0 Å². The van der Waals surface area contributed by atoms with Gasteiger partial charge in [0.2, 0.25) is 5.91 Å². The van der Waals surface area contributed by atoms with E-state index < -0.39 is 0 Å². The largest absolute Gasteiger partial charge is 0.469 e. The van der Waals surface area contributed by atoms with Crippen LogP contribution in [0.5, 0.6) is 0 Å². The second kappa shape index (κ2) is 4.79. The maximum absolute atomic E-state index is 11.5. The van der Waals surface area contributed by atoms with Gasteiger partial charge in [0.05, 0.1) is 7.11 Å². The van der Waals surface area contributed by atoms with E-state index in [4.69, 9.17) is 0 Å². The molecule has 1 aliphatic heterocycles. The van der Waals surface area contributed by atoms with Crippen molar-refractivity contribution in [2.45, 2.75) is 19.3 Å². The van der Waals surface area contributed by atoms with Crippen LogP contribution in [0, 0.1) is 0 Å². The summed E-state index contributed by atoms with van der Waals surface area (Å²) in [5.41, 5.74) is 0.726. The Hall–Kier alpha value is -1.32. The Morgan fingerprint density at radius 3 is 3.00 bits per heavy atom. The fourth-order valence-corrected chi connectivity index (χ4v) is 1.41. The molecule has 1 heterocycles. The lowest BCUT2D eigenvalue weighted by Crippen LogP contribution is -2.32. The first-order valence-electron chi connectivity index (χ1n) is 4.66. The van der Waals surface area contributed by atoms with Crippen molar-refractivity contribution in [1.82, 2.24) is 4.90 Å². The van der Waals surface area contributed by atoms with Crippen LogP contribution in [-0.4, -0.2) is 37.5 Å². The molecule has 0 fully saturated rings. The molecular weight excluding hydrogens is 182 g/mol. The van der Waals surface area contributed by atoms with Crippen molar-refractivity contribution in [3.63, 3.8) is 0 Å². The van der Waals surface area contributed by atoms with Crippen LogP contribution in [0.25, 0.3) is 0 Å². The van der Waals surface area contributed by atoms with Crippen molar-refractivity contribution in [3.05, 3.63) is 11.6 Å². The quantitative estimate of drug-likeness (QED) is 0.626. The summed E-state index contributed by atoms with van der Waals surface area (Å²) >= 11 is 0. The molecule has 0 saturated carbocycles. The number of nitrogens with zero attached hydrogens (tertiary/aromatic N) is 1. The van der Waals surface area contributed by atoms with Gasteiger partial charge in [0.1, 0.15) is 0 Å². The molecule has 0 atom stereocenters. The van der Waals surface area contributed by atoms with E-state index in [1.54, 1.807) is 11.9 Å². The SMILES string of the molecule is COC(=O)CCC1=CCCN(C)C1=O. The number of hydrogen-bond acceptors (Lipinski definition) is 3. The van der Waals surface area contributed by atoms with E-state index in [0.717, 1.165) is 18.5 Å². The van der Waals surface area contributed by atoms with Gasteiger partial charge in [-0.15, -0.1) is 0 Å². The minimum absolute atomic E-state index is 0.0279. The van der Waals surface area contributed by atoms with Crippen molar-refractivity contribution < 1.29 is 14.3 Å². The zero-order valence-corrected chi connectivity index (χ0v) is 8.58. The van der Waals surface area contributed by atoms with Gasteiger partial charge in [0.25, 0.3) is 0 Å². The third-order valence-corrected chi connectivity index (χ3v) is 2.30. The van der Waals surface area contributed by atoms with Crippen molar-refractivity contribution in [2.75, 3.05) is 20.7 Å². The van der Waals surface area contributed by atoms with Gasteiger partial charge in [-0.1, -0.05) is 6.08 Å². The first-order valence-corrected chi connectivity index (χ1v) is 4.66.